The first kappa shape index (κ1) is 30.9. The zero-order valence-electron chi connectivity index (χ0n) is 24.1. The number of nitrogens with one attached hydrogen (secondary N) is 1. The number of benzene rings is 3. The number of hydrogen-bond acceptors (Lipinski definition) is 9. The van der Waals surface area contributed by atoms with E-state index < -0.39 is 51.0 Å². The Bertz CT molecular complexity index is 1680. The van der Waals surface area contributed by atoms with Crippen molar-refractivity contribution in [3.63, 3.8) is 0 Å². The lowest BCUT2D eigenvalue weighted by Crippen LogP contribution is -2.58. The minimum absolute atomic E-state index is 0.131. The van der Waals surface area contributed by atoms with E-state index in [4.69, 9.17) is 23.0 Å². The summed E-state index contributed by atoms with van der Waals surface area (Å²) < 4.78 is 46.0. The Morgan fingerprint density at radius 2 is 1.49 bits per heavy atom. The fourth-order valence-electron chi connectivity index (χ4n) is 5.20. The van der Waals surface area contributed by atoms with Gasteiger partial charge < -0.3 is 29.2 Å². The minimum atomic E-state index is -4.49. The normalized spacial score (nSPS) is 22.0. The maximum Gasteiger partial charge on any atom is 0.475 e. The van der Waals surface area contributed by atoms with Crippen LogP contribution in [0.15, 0.2) is 116 Å². The number of carbonyl (C=O) groups is 1. The molecule has 45 heavy (non-hydrogen) atoms. The van der Waals surface area contributed by atoms with E-state index in [1.165, 1.54) is 6.07 Å². The number of rotatable bonds is 12. The number of phosphoric ester groups is 1. The molecule has 0 bridgehead atoms. The van der Waals surface area contributed by atoms with Crippen LogP contribution in [-0.4, -0.2) is 56.8 Å². The summed E-state index contributed by atoms with van der Waals surface area (Å²) in [4.78, 5) is 16.1. The lowest BCUT2D eigenvalue weighted by Gasteiger charge is -2.44. The topological polar surface area (TPSA) is 141 Å². The summed E-state index contributed by atoms with van der Waals surface area (Å²) in [7, 11) is -4.49. The maximum absolute atomic E-state index is 14.4. The van der Waals surface area contributed by atoms with Gasteiger partial charge in [-0.25, -0.2) is 9.36 Å². The molecule has 0 radical (unpaired) electrons. The number of aliphatic hydroxyl groups excluding tert-OH is 2. The summed E-state index contributed by atoms with van der Waals surface area (Å²) >= 11 is 0. The molecule has 12 heteroatoms. The molecule has 5 atom stereocenters. The van der Waals surface area contributed by atoms with Crippen molar-refractivity contribution in [1.82, 2.24) is 9.55 Å². The summed E-state index contributed by atoms with van der Waals surface area (Å²) in [6.45, 7) is -0.865. The van der Waals surface area contributed by atoms with Crippen LogP contribution in [0.4, 0.5) is 0 Å². The highest BCUT2D eigenvalue weighted by Gasteiger charge is 2.52. The molecule has 0 amide bonds. The van der Waals surface area contributed by atoms with Crippen molar-refractivity contribution in [2.75, 3.05) is 6.61 Å². The Kier molecular flexibility index (Phi) is 9.58. The Balaban J connectivity index is 1.37. The maximum atomic E-state index is 14.4. The predicted molar refractivity (Wildman–Crippen MR) is 164 cm³/mol. The Labute approximate surface area is 259 Å². The third-order valence-electron chi connectivity index (χ3n) is 7.50. The van der Waals surface area contributed by atoms with E-state index in [0.29, 0.717) is 11.1 Å². The number of H-pyrrole nitrogens is 1. The SMILES string of the molecule is O=C(O[C@@H]1[C@@H](OP(=O)(OCc2ccccc2)OCc2ccccc2)[C@H](O)[C@@H](CO)O[C@H]1n1ccc2ccccc21)c1ccc[nH]1. The minimum Gasteiger partial charge on any atom is -0.450 e. The van der Waals surface area contributed by atoms with Crippen LogP contribution in [0.5, 0.6) is 0 Å². The van der Waals surface area contributed by atoms with E-state index in [2.05, 4.69) is 4.98 Å². The number of esters is 1. The molecule has 3 N–H and O–H groups in total. The average molecular weight is 633 g/mol. The number of hydrogen-bond donors (Lipinski definition) is 3. The lowest BCUT2D eigenvalue weighted by molar-refractivity contribution is -0.247. The van der Waals surface area contributed by atoms with Crippen LogP contribution in [0.3, 0.4) is 0 Å². The zero-order chi connectivity index (χ0) is 31.2. The summed E-state index contributed by atoms with van der Waals surface area (Å²) in [5.41, 5.74) is 2.29. The first-order valence-electron chi connectivity index (χ1n) is 14.4. The van der Waals surface area contributed by atoms with Crippen LogP contribution in [-0.2, 0) is 40.8 Å². The molecule has 3 heterocycles. The molecule has 2 aromatic heterocycles. The number of phosphoric acid groups is 1. The number of aromatic nitrogens is 2. The third kappa shape index (κ3) is 7.11. The summed E-state index contributed by atoms with van der Waals surface area (Å²) in [6, 6.07) is 30.6. The molecule has 1 saturated heterocycles. The first-order chi connectivity index (χ1) is 21.9. The van der Waals surface area contributed by atoms with E-state index in [1.807, 2.05) is 66.7 Å². The number of fused-ring (bicyclic) bond motifs is 1. The van der Waals surface area contributed by atoms with Gasteiger partial charge in [0, 0.05) is 12.4 Å². The molecule has 1 aliphatic heterocycles. The Morgan fingerprint density at radius 1 is 0.844 bits per heavy atom. The van der Waals surface area contributed by atoms with Gasteiger partial charge in [-0.1, -0.05) is 78.9 Å². The number of ether oxygens (including phenoxy) is 2. The van der Waals surface area contributed by atoms with Gasteiger partial charge >= 0.3 is 13.8 Å². The van der Waals surface area contributed by atoms with E-state index in [1.54, 1.807) is 47.3 Å². The molecule has 0 aliphatic carbocycles. The van der Waals surface area contributed by atoms with Gasteiger partial charge in [0.25, 0.3) is 0 Å². The van der Waals surface area contributed by atoms with Crippen LogP contribution in [0, 0.1) is 0 Å². The van der Waals surface area contributed by atoms with Crippen molar-refractivity contribution >= 4 is 24.7 Å². The van der Waals surface area contributed by atoms with Crippen LogP contribution < -0.4 is 0 Å². The van der Waals surface area contributed by atoms with Crippen molar-refractivity contribution in [2.45, 2.75) is 43.9 Å². The van der Waals surface area contributed by atoms with Gasteiger partial charge in [0.1, 0.15) is 24.0 Å². The zero-order valence-corrected chi connectivity index (χ0v) is 25.0. The molecule has 0 unspecified atom stereocenters. The molecule has 11 nitrogen and oxygen atoms in total. The van der Waals surface area contributed by atoms with Gasteiger partial charge in [-0.05, 0) is 40.8 Å². The van der Waals surface area contributed by atoms with Crippen molar-refractivity contribution in [2.24, 2.45) is 0 Å². The van der Waals surface area contributed by atoms with Crippen molar-refractivity contribution < 1.29 is 42.6 Å². The fraction of sp³-hybridized carbons (Fsp3) is 0.242. The number of nitrogens with zero attached hydrogens (tertiary/aromatic N) is 1. The van der Waals surface area contributed by atoms with Gasteiger partial charge in [0.15, 0.2) is 12.3 Å². The predicted octanol–water partition coefficient (Wildman–Crippen LogP) is 5.37. The van der Waals surface area contributed by atoms with Crippen molar-refractivity contribution in [3.8, 4) is 0 Å². The first-order valence-corrected chi connectivity index (χ1v) is 15.9. The van der Waals surface area contributed by atoms with Crippen LogP contribution >= 0.6 is 7.82 Å². The van der Waals surface area contributed by atoms with Crippen LogP contribution in [0.1, 0.15) is 27.8 Å². The van der Waals surface area contributed by atoms with Gasteiger partial charge in [-0.15, -0.1) is 0 Å². The highest BCUT2D eigenvalue weighted by atomic mass is 31.2. The standard InChI is InChI=1S/C33H33N2O9P/c36-20-28-29(37)30(44-45(39,40-21-23-10-3-1-4-11-23)41-22-24-12-5-2-6-13-24)31(43-33(38)26-15-9-18-34-26)32(42-28)35-19-17-25-14-7-8-16-27(25)35/h1-19,28-32,34,36-37H,20-22H2/t28-,29-,30+,31-,32-/m1/s1. The molecule has 3 aromatic carbocycles. The molecule has 0 spiro atoms. The fourth-order valence-corrected chi connectivity index (χ4v) is 6.55. The van der Waals surface area contributed by atoms with Gasteiger partial charge in [0.05, 0.1) is 25.3 Å². The summed E-state index contributed by atoms with van der Waals surface area (Å²) in [6.07, 6.45) is -3.47. The Morgan fingerprint density at radius 3 is 2.11 bits per heavy atom. The average Bonchev–Trinajstić information content (AvgIpc) is 3.77. The lowest BCUT2D eigenvalue weighted by atomic mass is 9.98. The van der Waals surface area contributed by atoms with E-state index >= 15 is 0 Å². The molecule has 6 rings (SSSR count). The number of aromatic amines is 1. The van der Waals surface area contributed by atoms with Crippen molar-refractivity contribution in [3.05, 3.63) is 132 Å². The van der Waals surface area contributed by atoms with E-state index in [9.17, 15) is 19.6 Å². The van der Waals surface area contributed by atoms with Gasteiger partial charge in [-0.3, -0.25) is 13.6 Å². The second-order valence-corrected chi connectivity index (χ2v) is 12.1. The highest BCUT2D eigenvalue weighted by molar-refractivity contribution is 7.48. The van der Waals surface area contributed by atoms with Crippen molar-refractivity contribution in [1.29, 1.82) is 0 Å². The third-order valence-corrected chi connectivity index (χ3v) is 8.89. The monoisotopic (exact) mass is 632 g/mol. The van der Waals surface area contributed by atoms with Crippen LogP contribution in [0.2, 0.25) is 0 Å². The smallest absolute Gasteiger partial charge is 0.450 e. The number of aliphatic hydroxyl groups is 2. The quantitative estimate of drug-likeness (QED) is 0.122. The molecule has 1 aliphatic rings. The molecule has 1 fully saturated rings. The molecule has 0 saturated carbocycles. The van der Waals surface area contributed by atoms with Crippen LogP contribution in [0.25, 0.3) is 10.9 Å². The van der Waals surface area contributed by atoms with Gasteiger partial charge in [-0.2, -0.15) is 0 Å². The van der Waals surface area contributed by atoms with E-state index in [0.717, 1.165) is 10.9 Å². The molecular weight excluding hydrogens is 599 g/mol. The van der Waals surface area contributed by atoms with E-state index in [-0.39, 0.29) is 18.9 Å². The summed E-state index contributed by atoms with van der Waals surface area (Å²) in [5, 5.41) is 22.6. The second-order valence-electron chi connectivity index (χ2n) is 10.5. The summed E-state index contributed by atoms with van der Waals surface area (Å²) in [5.74, 6) is -0.761. The number of carbonyl (C=O) groups excluding carboxylic acids is 1. The highest BCUT2D eigenvalue weighted by Crippen LogP contribution is 2.54. The molecule has 5 aromatic rings. The molecule has 234 valence electrons. The second kappa shape index (κ2) is 13.9. The number of para-hydroxylation sites is 1. The molecular formula is C33H33N2O9P. The largest absolute Gasteiger partial charge is 0.475 e. The van der Waals surface area contributed by atoms with Gasteiger partial charge in [0.2, 0.25) is 0 Å². The Hall–Kier alpha value is -4.06.